The van der Waals surface area contributed by atoms with Crippen molar-refractivity contribution in [3.63, 3.8) is 0 Å². The van der Waals surface area contributed by atoms with E-state index in [4.69, 9.17) is 13.1 Å². The van der Waals surface area contributed by atoms with Crippen LogP contribution in [0.15, 0.2) is 133 Å². The predicted molar refractivity (Wildman–Crippen MR) is 173 cm³/mol. The Labute approximate surface area is 242 Å². The van der Waals surface area contributed by atoms with Gasteiger partial charge in [0.25, 0.3) is 0 Å². The predicted octanol–water partition coefficient (Wildman–Crippen LogP) is 10.6. The van der Waals surface area contributed by atoms with Crippen LogP contribution >= 0.6 is 0 Å². The maximum Gasteiger partial charge on any atom is 0.188 e. The van der Waals surface area contributed by atoms with Crippen LogP contribution in [0.5, 0.6) is 0 Å². The molecule has 0 aliphatic carbocycles. The van der Waals surface area contributed by atoms with E-state index in [1.807, 2.05) is 36.4 Å². The molecule has 0 radical (unpaired) electrons. The van der Waals surface area contributed by atoms with E-state index in [0.29, 0.717) is 11.4 Å². The van der Waals surface area contributed by atoms with Gasteiger partial charge in [-0.15, -0.1) is 0 Å². The number of benzene rings is 6. The van der Waals surface area contributed by atoms with E-state index >= 15 is 0 Å². The SMILES string of the molecule is [C-]#[N+]c1ccc2c(c1)c1cc([N+]#[C-])ccc1n2-c1cccc(-c2cccc(-n3c4ccccc4c4ccccc43)c2)c1. The van der Waals surface area contributed by atoms with E-state index in [2.05, 4.69) is 116 Å². The standard InChI is InChI=1S/C38H22N4/c1-39-27-17-19-37-33(23-27)34-24-28(40-2)18-20-38(34)42(37)30-12-8-10-26(22-30)25-9-7-11-29(21-25)41-35-15-5-3-13-31(35)32-14-4-6-16-36(32)41/h3-24H. The second-order valence-corrected chi connectivity index (χ2v) is 10.4. The van der Waals surface area contributed by atoms with E-state index in [9.17, 15) is 0 Å². The highest BCUT2D eigenvalue weighted by molar-refractivity contribution is 6.11. The van der Waals surface area contributed by atoms with Crippen LogP contribution < -0.4 is 0 Å². The molecule has 0 amide bonds. The molecule has 8 aromatic rings. The summed E-state index contributed by atoms with van der Waals surface area (Å²) in [6.07, 6.45) is 0. The molecule has 42 heavy (non-hydrogen) atoms. The first kappa shape index (κ1) is 23.8. The summed E-state index contributed by atoms with van der Waals surface area (Å²) in [5, 5.41) is 4.44. The zero-order valence-corrected chi connectivity index (χ0v) is 22.5. The minimum absolute atomic E-state index is 0.588. The molecule has 0 N–H and O–H groups in total. The lowest BCUT2D eigenvalue weighted by Crippen LogP contribution is -1.96. The molecule has 4 heteroatoms. The molecule has 194 valence electrons. The zero-order valence-electron chi connectivity index (χ0n) is 22.5. The molecule has 2 aromatic heterocycles. The van der Waals surface area contributed by atoms with Crippen LogP contribution in [-0.2, 0) is 0 Å². The van der Waals surface area contributed by atoms with Gasteiger partial charge in [-0.2, -0.15) is 0 Å². The molecule has 0 aliphatic rings. The van der Waals surface area contributed by atoms with Crippen molar-refractivity contribution < 1.29 is 0 Å². The van der Waals surface area contributed by atoms with Crippen LogP contribution in [0.1, 0.15) is 0 Å². The Morgan fingerprint density at radius 2 is 0.810 bits per heavy atom. The largest absolute Gasteiger partial charge is 0.309 e. The molecule has 0 bridgehead atoms. The summed E-state index contributed by atoms with van der Waals surface area (Å²) in [4.78, 5) is 7.30. The smallest absolute Gasteiger partial charge is 0.188 e. The van der Waals surface area contributed by atoms with Gasteiger partial charge < -0.3 is 9.13 Å². The van der Waals surface area contributed by atoms with Gasteiger partial charge in [-0.05, 0) is 82.6 Å². The molecule has 0 saturated heterocycles. The molecule has 0 fully saturated rings. The van der Waals surface area contributed by atoms with Gasteiger partial charge in [-0.3, -0.25) is 0 Å². The Balaban J connectivity index is 1.31. The van der Waals surface area contributed by atoms with E-state index < -0.39 is 0 Å². The molecule has 6 aromatic carbocycles. The van der Waals surface area contributed by atoms with Crippen molar-refractivity contribution >= 4 is 55.0 Å². The molecule has 0 atom stereocenters. The summed E-state index contributed by atoms with van der Waals surface area (Å²) < 4.78 is 4.57. The molecule has 2 heterocycles. The van der Waals surface area contributed by atoms with Crippen molar-refractivity contribution in [3.05, 3.63) is 156 Å². The second-order valence-electron chi connectivity index (χ2n) is 10.4. The summed E-state index contributed by atoms with van der Waals surface area (Å²) in [5.74, 6) is 0. The third kappa shape index (κ3) is 3.53. The van der Waals surface area contributed by atoms with E-state index in [1.165, 1.54) is 21.8 Å². The highest BCUT2D eigenvalue weighted by Gasteiger charge is 2.15. The minimum atomic E-state index is 0.588. The minimum Gasteiger partial charge on any atom is -0.309 e. The summed E-state index contributed by atoms with van der Waals surface area (Å²) in [6.45, 7) is 15.1. The van der Waals surface area contributed by atoms with Crippen LogP contribution in [0.25, 0.3) is 75.8 Å². The summed E-state index contributed by atoms with van der Waals surface area (Å²) >= 11 is 0. The molecule has 0 saturated carbocycles. The van der Waals surface area contributed by atoms with Gasteiger partial charge in [-0.1, -0.05) is 72.8 Å². The van der Waals surface area contributed by atoms with Gasteiger partial charge in [-0.25, -0.2) is 9.69 Å². The van der Waals surface area contributed by atoms with Gasteiger partial charge >= 0.3 is 0 Å². The topological polar surface area (TPSA) is 18.6 Å². The lowest BCUT2D eigenvalue weighted by atomic mass is 10.0. The number of fused-ring (bicyclic) bond motifs is 6. The van der Waals surface area contributed by atoms with Crippen molar-refractivity contribution in [2.75, 3.05) is 0 Å². The molecule has 0 spiro atoms. The fraction of sp³-hybridized carbons (Fsp3) is 0. The lowest BCUT2D eigenvalue weighted by molar-refractivity contribution is 1.17. The second kappa shape index (κ2) is 9.24. The van der Waals surface area contributed by atoms with Crippen LogP contribution in [0, 0.1) is 13.1 Å². The fourth-order valence-electron chi connectivity index (χ4n) is 6.27. The summed E-state index contributed by atoms with van der Waals surface area (Å²) in [5.41, 5.74) is 9.96. The fourth-order valence-corrected chi connectivity index (χ4v) is 6.27. The van der Waals surface area contributed by atoms with Crippen molar-refractivity contribution in [1.82, 2.24) is 9.13 Å². The van der Waals surface area contributed by atoms with Crippen LogP contribution in [0.4, 0.5) is 11.4 Å². The Hall–Kier alpha value is -6.10. The zero-order chi connectivity index (χ0) is 28.2. The van der Waals surface area contributed by atoms with Gasteiger partial charge in [0.1, 0.15) is 0 Å². The first-order valence-corrected chi connectivity index (χ1v) is 13.8. The van der Waals surface area contributed by atoms with Gasteiger partial charge in [0.2, 0.25) is 0 Å². The number of hydrogen-bond acceptors (Lipinski definition) is 0. The molecule has 4 nitrogen and oxygen atoms in total. The maximum absolute atomic E-state index is 7.53. The number of para-hydroxylation sites is 2. The average Bonchev–Trinajstić information content (AvgIpc) is 3.57. The first-order chi connectivity index (χ1) is 20.7. The van der Waals surface area contributed by atoms with Crippen LogP contribution in [-0.4, -0.2) is 9.13 Å². The van der Waals surface area contributed by atoms with Gasteiger partial charge in [0.05, 0.1) is 35.2 Å². The van der Waals surface area contributed by atoms with Crippen molar-refractivity contribution in [1.29, 1.82) is 0 Å². The number of aromatic nitrogens is 2. The van der Waals surface area contributed by atoms with Crippen LogP contribution in [0.2, 0.25) is 0 Å². The Morgan fingerprint density at radius 3 is 1.26 bits per heavy atom. The first-order valence-electron chi connectivity index (χ1n) is 13.8. The average molecular weight is 535 g/mol. The Morgan fingerprint density at radius 1 is 0.381 bits per heavy atom. The quantitative estimate of drug-likeness (QED) is 0.201. The van der Waals surface area contributed by atoms with Crippen molar-refractivity contribution in [2.24, 2.45) is 0 Å². The van der Waals surface area contributed by atoms with E-state index in [-0.39, 0.29) is 0 Å². The molecule has 8 rings (SSSR count). The van der Waals surface area contributed by atoms with Gasteiger partial charge in [0, 0.05) is 22.1 Å². The third-order valence-electron chi connectivity index (χ3n) is 8.11. The highest BCUT2D eigenvalue weighted by atomic mass is 15.0. The van der Waals surface area contributed by atoms with E-state index in [1.54, 1.807) is 0 Å². The molecular weight excluding hydrogens is 512 g/mol. The number of rotatable bonds is 3. The van der Waals surface area contributed by atoms with Crippen LogP contribution in [0.3, 0.4) is 0 Å². The monoisotopic (exact) mass is 534 g/mol. The molecule has 0 unspecified atom stereocenters. The number of nitrogens with zero attached hydrogens (tertiary/aromatic N) is 4. The molecule has 0 aliphatic heterocycles. The van der Waals surface area contributed by atoms with Crippen molar-refractivity contribution in [3.8, 4) is 22.5 Å². The highest BCUT2D eigenvalue weighted by Crippen LogP contribution is 2.38. The van der Waals surface area contributed by atoms with Crippen molar-refractivity contribution in [2.45, 2.75) is 0 Å². The Bertz CT molecular complexity index is 2320. The number of hydrogen-bond donors (Lipinski definition) is 0. The summed E-state index contributed by atoms with van der Waals surface area (Å²) in [6, 6.07) is 46.0. The molecular formula is C38H22N4. The third-order valence-corrected chi connectivity index (χ3v) is 8.11. The lowest BCUT2D eigenvalue weighted by Gasteiger charge is -2.13. The van der Waals surface area contributed by atoms with Gasteiger partial charge in [0.15, 0.2) is 11.4 Å². The Kier molecular flexibility index (Phi) is 5.22. The summed E-state index contributed by atoms with van der Waals surface area (Å²) in [7, 11) is 0. The normalized spacial score (nSPS) is 11.3. The maximum atomic E-state index is 7.53. The van der Waals surface area contributed by atoms with E-state index in [0.717, 1.165) is 44.3 Å².